The quantitative estimate of drug-likeness (QED) is 0.301. The normalized spacial score (nSPS) is 12.1. The number of rotatable bonds is 10. The summed E-state index contributed by atoms with van der Waals surface area (Å²) in [5.41, 5.74) is 3.91. The van der Waals surface area contributed by atoms with Crippen molar-refractivity contribution >= 4 is 16.9 Å². The maximum atomic E-state index is 12.7. The highest BCUT2D eigenvalue weighted by molar-refractivity contribution is 5.94. The molecule has 0 aliphatic carbocycles. The summed E-state index contributed by atoms with van der Waals surface area (Å²) in [6.45, 7) is 7.82. The highest BCUT2D eigenvalue weighted by Crippen LogP contribution is 2.22. The van der Waals surface area contributed by atoms with Gasteiger partial charge in [-0.2, -0.15) is 0 Å². The van der Waals surface area contributed by atoms with Crippen LogP contribution in [0.3, 0.4) is 0 Å². The van der Waals surface area contributed by atoms with Crippen molar-refractivity contribution in [3.8, 4) is 5.75 Å². The molecule has 2 heterocycles. The second-order valence-electron chi connectivity index (χ2n) is 8.82. The van der Waals surface area contributed by atoms with E-state index < -0.39 is 0 Å². The number of aromatic nitrogens is 3. The molecule has 0 bridgehead atoms. The Morgan fingerprint density at radius 3 is 2.44 bits per heavy atom. The van der Waals surface area contributed by atoms with Gasteiger partial charge in [-0.1, -0.05) is 38.1 Å². The molecule has 0 spiro atoms. The van der Waals surface area contributed by atoms with Gasteiger partial charge < -0.3 is 14.6 Å². The number of unbranched alkanes of at least 4 members (excludes halogenated alkanes) is 1. The van der Waals surface area contributed by atoms with E-state index >= 15 is 0 Å². The molecule has 0 saturated carbocycles. The molecule has 1 amide bonds. The van der Waals surface area contributed by atoms with Crippen molar-refractivity contribution < 1.29 is 9.53 Å². The first kappa shape index (κ1) is 23.5. The molecule has 0 saturated heterocycles. The molecular formula is C28H32N4O2. The Kier molecular flexibility index (Phi) is 7.58. The van der Waals surface area contributed by atoms with Gasteiger partial charge >= 0.3 is 0 Å². The lowest BCUT2D eigenvalue weighted by Crippen LogP contribution is -2.28. The van der Waals surface area contributed by atoms with Crippen LogP contribution in [0.2, 0.25) is 0 Å². The van der Waals surface area contributed by atoms with E-state index in [1.165, 1.54) is 5.56 Å². The van der Waals surface area contributed by atoms with Crippen molar-refractivity contribution in [2.24, 2.45) is 0 Å². The van der Waals surface area contributed by atoms with E-state index in [1.54, 1.807) is 24.5 Å². The van der Waals surface area contributed by atoms with Crippen LogP contribution in [0.15, 0.2) is 73.1 Å². The maximum absolute atomic E-state index is 12.7. The molecule has 4 rings (SSSR count). The van der Waals surface area contributed by atoms with Gasteiger partial charge in [0.15, 0.2) is 0 Å². The van der Waals surface area contributed by atoms with Gasteiger partial charge in [-0.05, 0) is 67.6 Å². The van der Waals surface area contributed by atoms with Gasteiger partial charge in [-0.25, -0.2) is 4.98 Å². The van der Waals surface area contributed by atoms with Gasteiger partial charge in [0.05, 0.1) is 23.7 Å². The minimum atomic E-state index is -0.233. The molecule has 176 valence electrons. The Bertz CT molecular complexity index is 1220. The predicted octanol–water partition coefficient (Wildman–Crippen LogP) is 5.90. The highest BCUT2D eigenvalue weighted by Gasteiger charge is 2.19. The third-order valence-electron chi connectivity index (χ3n) is 5.95. The third kappa shape index (κ3) is 5.63. The van der Waals surface area contributed by atoms with E-state index in [-0.39, 0.29) is 11.9 Å². The number of nitrogens with one attached hydrogen (secondary N) is 1. The summed E-state index contributed by atoms with van der Waals surface area (Å²) in [6.07, 6.45) is 5.11. The highest BCUT2D eigenvalue weighted by atomic mass is 16.5. The van der Waals surface area contributed by atoms with Crippen molar-refractivity contribution in [2.75, 3.05) is 6.61 Å². The molecule has 1 N–H and O–H groups in total. The first-order valence-corrected chi connectivity index (χ1v) is 11.9. The number of amides is 1. The summed E-state index contributed by atoms with van der Waals surface area (Å²) in [4.78, 5) is 21.5. The lowest BCUT2D eigenvalue weighted by Gasteiger charge is -2.16. The number of nitrogens with zero attached hydrogens (tertiary/aromatic N) is 3. The van der Waals surface area contributed by atoms with Crippen LogP contribution in [0.1, 0.15) is 67.3 Å². The summed E-state index contributed by atoms with van der Waals surface area (Å²) in [6, 6.07) is 19.6. The first-order chi connectivity index (χ1) is 16.5. The molecular weight excluding hydrogens is 424 g/mol. The van der Waals surface area contributed by atoms with Crippen LogP contribution in [-0.4, -0.2) is 27.0 Å². The van der Waals surface area contributed by atoms with Gasteiger partial charge in [0.1, 0.15) is 11.6 Å². The van der Waals surface area contributed by atoms with Crippen LogP contribution in [0, 0.1) is 0 Å². The zero-order valence-electron chi connectivity index (χ0n) is 20.1. The van der Waals surface area contributed by atoms with E-state index in [1.807, 2.05) is 37.3 Å². The van der Waals surface area contributed by atoms with Gasteiger partial charge in [0.2, 0.25) is 0 Å². The van der Waals surface area contributed by atoms with Crippen molar-refractivity contribution in [1.29, 1.82) is 0 Å². The number of hydrogen-bond donors (Lipinski definition) is 1. The van der Waals surface area contributed by atoms with Gasteiger partial charge in [-0.15, -0.1) is 0 Å². The largest absolute Gasteiger partial charge is 0.494 e. The summed E-state index contributed by atoms with van der Waals surface area (Å²) < 4.78 is 8.15. The van der Waals surface area contributed by atoms with Crippen molar-refractivity contribution in [3.63, 3.8) is 0 Å². The number of pyridine rings is 1. The van der Waals surface area contributed by atoms with Crippen molar-refractivity contribution in [2.45, 2.75) is 52.1 Å². The van der Waals surface area contributed by atoms with E-state index in [0.29, 0.717) is 18.1 Å². The minimum Gasteiger partial charge on any atom is -0.494 e. The van der Waals surface area contributed by atoms with Crippen LogP contribution in [0.4, 0.5) is 0 Å². The average Bonchev–Trinajstić information content (AvgIpc) is 3.23. The number of para-hydroxylation sites is 2. The summed E-state index contributed by atoms with van der Waals surface area (Å²) in [5, 5.41) is 3.07. The monoisotopic (exact) mass is 456 g/mol. The van der Waals surface area contributed by atoms with Crippen LogP contribution in [0.25, 0.3) is 11.0 Å². The molecule has 2 aromatic heterocycles. The average molecular weight is 457 g/mol. The van der Waals surface area contributed by atoms with Crippen LogP contribution < -0.4 is 10.1 Å². The summed E-state index contributed by atoms with van der Waals surface area (Å²) in [5.74, 6) is 2.15. The van der Waals surface area contributed by atoms with E-state index in [0.717, 1.165) is 42.0 Å². The molecule has 2 aromatic carbocycles. The summed E-state index contributed by atoms with van der Waals surface area (Å²) in [7, 11) is 0. The lowest BCUT2D eigenvalue weighted by molar-refractivity contribution is 0.0937. The van der Waals surface area contributed by atoms with E-state index in [2.05, 4.69) is 46.9 Å². The zero-order valence-corrected chi connectivity index (χ0v) is 20.1. The lowest BCUT2D eigenvalue weighted by atomic mass is 10.0. The number of aryl methyl sites for hydroxylation is 1. The fourth-order valence-electron chi connectivity index (χ4n) is 4.02. The van der Waals surface area contributed by atoms with Gasteiger partial charge in [-0.3, -0.25) is 9.78 Å². The molecule has 6 nitrogen and oxygen atoms in total. The Morgan fingerprint density at radius 1 is 0.971 bits per heavy atom. The van der Waals surface area contributed by atoms with Crippen LogP contribution in [-0.2, 0) is 6.54 Å². The number of fused-ring (bicyclic) bond motifs is 1. The SMILES string of the molecule is CC(C)c1ccc(OCCCCn2c(C(C)NC(=O)c3ccncc3)nc3ccccc32)cc1. The number of carbonyl (C=O) groups excluding carboxylic acids is 1. The Labute approximate surface area is 201 Å². The number of ether oxygens (including phenoxy) is 1. The smallest absolute Gasteiger partial charge is 0.251 e. The predicted molar refractivity (Wildman–Crippen MR) is 135 cm³/mol. The fourth-order valence-corrected chi connectivity index (χ4v) is 4.02. The molecule has 0 radical (unpaired) electrons. The third-order valence-corrected chi connectivity index (χ3v) is 5.95. The number of hydrogen-bond acceptors (Lipinski definition) is 4. The Morgan fingerprint density at radius 2 is 1.71 bits per heavy atom. The van der Waals surface area contributed by atoms with Crippen LogP contribution >= 0.6 is 0 Å². The molecule has 1 unspecified atom stereocenters. The van der Waals surface area contributed by atoms with Crippen molar-refractivity contribution in [3.05, 3.63) is 90.0 Å². The topological polar surface area (TPSA) is 69.0 Å². The molecule has 0 aliphatic rings. The molecule has 34 heavy (non-hydrogen) atoms. The minimum absolute atomic E-state index is 0.134. The number of imidazole rings is 1. The number of benzene rings is 2. The number of carbonyl (C=O) groups is 1. The molecule has 0 aliphatic heterocycles. The fraction of sp³-hybridized carbons (Fsp3) is 0.321. The standard InChI is InChI=1S/C28H32N4O2/c1-20(2)22-10-12-24(13-11-22)34-19-7-6-18-32-26-9-5-4-8-25(26)31-27(32)21(3)30-28(33)23-14-16-29-17-15-23/h4-5,8-17,20-21H,6-7,18-19H2,1-3H3,(H,30,33). The first-order valence-electron chi connectivity index (χ1n) is 11.9. The Hall–Kier alpha value is -3.67. The van der Waals surface area contributed by atoms with E-state index in [4.69, 9.17) is 9.72 Å². The maximum Gasteiger partial charge on any atom is 0.251 e. The summed E-state index contributed by atoms with van der Waals surface area (Å²) >= 11 is 0. The second-order valence-corrected chi connectivity index (χ2v) is 8.82. The molecule has 0 fully saturated rings. The van der Waals surface area contributed by atoms with Crippen LogP contribution in [0.5, 0.6) is 5.75 Å². The molecule has 4 aromatic rings. The van der Waals surface area contributed by atoms with Gasteiger partial charge in [0.25, 0.3) is 5.91 Å². The van der Waals surface area contributed by atoms with E-state index in [9.17, 15) is 4.79 Å². The molecule has 6 heteroatoms. The van der Waals surface area contributed by atoms with Gasteiger partial charge in [0, 0.05) is 24.5 Å². The van der Waals surface area contributed by atoms with Crippen molar-refractivity contribution in [1.82, 2.24) is 19.9 Å². The Balaban J connectivity index is 1.38. The second kappa shape index (κ2) is 11.0. The molecule has 1 atom stereocenters. The zero-order chi connectivity index (χ0) is 23.9.